The molecule has 0 unspecified atom stereocenters. The number of anilines is 1. The first-order valence-electron chi connectivity index (χ1n) is 8.98. The summed E-state index contributed by atoms with van der Waals surface area (Å²) in [4.78, 5) is 27.1. The number of amides is 4. The Balaban J connectivity index is 1.91. The van der Waals surface area contributed by atoms with E-state index in [-0.39, 0.29) is 0 Å². The summed E-state index contributed by atoms with van der Waals surface area (Å²) in [5.74, 6) is 0. The Bertz CT molecular complexity index is 1270. The lowest BCUT2D eigenvalue weighted by Gasteiger charge is -2.01. The van der Waals surface area contributed by atoms with Gasteiger partial charge in [-0.3, -0.25) is 0 Å². The molecule has 1 N–H and O–H groups in total. The number of nitrogens with zero attached hydrogens (tertiary/aromatic N) is 2. The second-order valence-electron chi connectivity index (χ2n) is 6.56. The molecular formula is C23H16N3O2+. The fourth-order valence-electron chi connectivity index (χ4n) is 3.62. The minimum atomic E-state index is -0.476. The summed E-state index contributed by atoms with van der Waals surface area (Å²) in [6.45, 7) is 0. The van der Waals surface area contributed by atoms with Crippen molar-refractivity contribution in [1.82, 2.24) is 10.1 Å². The molecule has 4 amide bonds. The highest BCUT2D eigenvalue weighted by Crippen LogP contribution is 2.19. The lowest BCUT2D eigenvalue weighted by Crippen LogP contribution is -2.40. The molecule has 28 heavy (non-hydrogen) atoms. The van der Waals surface area contributed by atoms with Gasteiger partial charge in [0.2, 0.25) is 0 Å². The van der Waals surface area contributed by atoms with Gasteiger partial charge in [0.15, 0.2) is 5.36 Å². The van der Waals surface area contributed by atoms with Gasteiger partial charge in [0.05, 0.1) is 0 Å². The first-order valence-corrected chi connectivity index (χ1v) is 8.98. The van der Waals surface area contributed by atoms with Gasteiger partial charge < -0.3 is 0 Å². The molecule has 0 aliphatic carbocycles. The van der Waals surface area contributed by atoms with Gasteiger partial charge in [0, 0.05) is 10.8 Å². The van der Waals surface area contributed by atoms with Crippen LogP contribution in [-0.4, -0.2) is 12.1 Å². The highest BCUT2D eigenvalue weighted by molar-refractivity contribution is 6.18. The molecule has 0 spiro atoms. The molecule has 0 saturated carbocycles. The molecule has 1 saturated heterocycles. The maximum atomic E-state index is 13.3. The Labute approximate surface area is 160 Å². The van der Waals surface area contributed by atoms with E-state index >= 15 is 0 Å². The van der Waals surface area contributed by atoms with Crippen LogP contribution in [0.25, 0.3) is 21.5 Å². The Hall–Kier alpha value is -3.99. The lowest BCUT2D eigenvalue weighted by atomic mass is 10.1. The highest BCUT2D eigenvalue weighted by atomic mass is 16.2. The Kier molecular flexibility index (Phi) is 3.66. The van der Waals surface area contributed by atoms with Crippen molar-refractivity contribution in [3.63, 3.8) is 0 Å². The van der Waals surface area contributed by atoms with Crippen LogP contribution in [0, 0.1) is 0 Å². The number of hydrazine groups is 1. The van der Waals surface area contributed by atoms with Gasteiger partial charge in [0.25, 0.3) is 0 Å². The van der Waals surface area contributed by atoms with E-state index in [4.69, 9.17) is 0 Å². The number of carbonyl (C=O) groups is 2. The summed E-state index contributed by atoms with van der Waals surface area (Å²) in [6.07, 6.45) is 0. The van der Waals surface area contributed by atoms with Crippen LogP contribution >= 0.6 is 0 Å². The molecule has 0 radical (unpaired) electrons. The third kappa shape index (κ3) is 2.45. The Morgan fingerprint density at radius 1 is 0.643 bits per heavy atom. The third-order valence-corrected chi connectivity index (χ3v) is 4.91. The second kappa shape index (κ2) is 6.32. The maximum Gasteiger partial charge on any atom is 0.532 e. The molecule has 5 nitrogen and oxygen atoms in total. The zero-order chi connectivity index (χ0) is 19.1. The van der Waals surface area contributed by atoms with Gasteiger partial charge in [0.1, 0.15) is 5.69 Å². The van der Waals surface area contributed by atoms with E-state index < -0.39 is 12.1 Å². The van der Waals surface area contributed by atoms with E-state index in [1.165, 1.54) is 4.68 Å². The topological polar surface area (TPSA) is 52.4 Å². The van der Waals surface area contributed by atoms with E-state index in [0.717, 1.165) is 26.4 Å². The van der Waals surface area contributed by atoms with Crippen LogP contribution < -0.4 is 20.4 Å². The number of rotatable bonds is 1. The number of para-hydroxylation sites is 1. The van der Waals surface area contributed by atoms with Gasteiger partial charge in [-0.1, -0.05) is 71.4 Å². The van der Waals surface area contributed by atoms with Crippen molar-refractivity contribution >= 4 is 39.3 Å². The number of hydrogen-bond donors (Lipinski definition) is 1. The fourth-order valence-corrected chi connectivity index (χ4v) is 3.62. The number of carbonyl (C=O) groups excluding carboxylic acids is 2. The zero-order valence-electron chi connectivity index (χ0n) is 14.9. The summed E-state index contributed by atoms with van der Waals surface area (Å²) >= 11 is 0. The molecule has 0 atom stereocenters. The molecule has 4 aromatic carbocycles. The number of benzene rings is 3. The van der Waals surface area contributed by atoms with Crippen LogP contribution in [0.5, 0.6) is 0 Å². The normalized spacial score (nSPS) is 14.0. The maximum absolute atomic E-state index is 13.3. The standard InChI is InChI=1S/C23H15N3O2/c27-22-24-26(23(28)25(22)18-10-2-1-3-11-18)21-19-12-6-4-8-16(19)14-15-17-9-5-7-13-20(17)21/h1-15H/p+1. The average Bonchev–Trinajstić information content (AvgIpc) is 2.93. The van der Waals surface area contributed by atoms with Crippen molar-refractivity contribution in [2.75, 3.05) is 4.90 Å². The predicted molar refractivity (Wildman–Crippen MR) is 110 cm³/mol. The molecule has 5 rings (SSSR count). The first kappa shape index (κ1) is 16.2. The summed E-state index contributed by atoms with van der Waals surface area (Å²) in [5.41, 5.74) is 3.27. The third-order valence-electron chi connectivity index (χ3n) is 4.91. The van der Waals surface area contributed by atoms with Crippen LogP contribution in [0.15, 0.2) is 91.0 Å². The number of hydrogen-bond acceptors (Lipinski definition) is 2. The van der Waals surface area contributed by atoms with E-state index in [2.05, 4.69) is 5.43 Å². The van der Waals surface area contributed by atoms with Gasteiger partial charge in [-0.15, -0.1) is 10.3 Å². The number of fused-ring (bicyclic) bond motifs is 2. The molecule has 1 aliphatic rings. The summed E-state index contributed by atoms with van der Waals surface area (Å²) in [5, 5.41) is 4.38. The molecule has 1 fully saturated rings. The van der Waals surface area contributed by atoms with Crippen LogP contribution in [0.2, 0.25) is 0 Å². The molecule has 4 aromatic rings. The summed E-state index contributed by atoms with van der Waals surface area (Å²) in [7, 11) is 0. The van der Waals surface area contributed by atoms with Crippen LogP contribution in [0.4, 0.5) is 15.3 Å². The highest BCUT2D eigenvalue weighted by Gasteiger charge is 2.45. The second-order valence-corrected chi connectivity index (χ2v) is 6.56. The van der Waals surface area contributed by atoms with Crippen molar-refractivity contribution in [1.29, 1.82) is 0 Å². The molecule has 1 aliphatic heterocycles. The van der Waals surface area contributed by atoms with Crippen LogP contribution in [0.1, 0.15) is 0 Å². The zero-order valence-corrected chi connectivity index (χ0v) is 14.9. The lowest BCUT2D eigenvalue weighted by molar-refractivity contribution is 0.245. The molecule has 134 valence electrons. The summed E-state index contributed by atoms with van der Waals surface area (Å²) in [6, 6.07) is 27.7. The van der Waals surface area contributed by atoms with Gasteiger partial charge in [-0.2, -0.15) is 4.79 Å². The Morgan fingerprint density at radius 3 is 1.79 bits per heavy atom. The Morgan fingerprint density at radius 2 is 1.18 bits per heavy atom. The van der Waals surface area contributed by atoms with Crippen LogP contribution in [0.3, 0.4) is 0 Å². The number of imide groups is 1. The molecule has 0 aromatic heterocycles. The average molecular weight is 366 g/mol. The SMILES string of the molecule is O=C1N[N+](=c2c3ccccc3ccc3ccccc23)C(=O)N1c1ccccc1. The monoisotopic (exact) mass is 366 g/mol. The van der Waals surface area contributed by atoms with Crippen molar-refractivity contribution in [3.05, 3.63) is 96.4 Å². The quantitative estimate of drug-likeness (QED) is 0.517. The number of urea groups is 2. The van der Waals surface area contributed by atoms with E-state index in [1.807, 2.05) is 66.7 Å². The largest absolute Gasteiger partial charge is 0.532 e. The van der Waals surface area contributed by atoms with Gasteiger partial charge >= 0.3 is 12.1 Å². The minimum absolute atomic E-state index is 0.433. The van der Waals surface area contributed by atoms with Gasteiger partial charge in [-0.25, -0.2) is 4.79 Å². The first-order chi connectivity index (χ1) is 13.7. The van der Waals surface area contributed by atoms with E-state index in [0.29, 0.717) is 11.0 Å². The van der Waals surface area contributed by atoms with Crippen LogP contribution in [-0.2, 0) is 0 Å². The van der Waals surface area contributed by atoms with Crippen molar-refractivity contribution < 1.29 is 9.59 Å². The van der Waals surface area contributed by atoms with Crippen molar-refractivity contribution in [3.8, 4) is 0 Å². The van der Waals surface area contributed by atoms with Crippen molar-refractivity contribution in [2.45, 2.75) is 0 Å². The molecular weight excluding hydrogens is 350 g/mol. The minimum Gasteiger partial charge on any atom is -0.216 e. The molecule has 0 bridgehead atoms. The molecule has 5 heteroatoms. The van der Waals surface area contributed by atoms with E-state index in [1.54, 1.807) is 24.3 Å². The smallest absolute Gasteiger partial charge is 0.216 e. The fraction of sp³-hybridized carbons (Fsp3) is 0. The molecule has 1 heterocycles. The summed E-state index contributed by atoms with van der Waals surface area (Å²) < 4.78 is 1.35. The van der Waals surface area contributed by atoms with E-state index in [9.17, 15) is 9.59 Å². The van der Waals surface area contributed by atoms with Crippen molar-refractivity contribution in [2.24, 2.45) is 0 Å². The van der Waals surface area contributed by atoms with Gasteiger partial charge in [-0.05, 0) is 35.0 Å². The number of nitrogens with one attached hydrogen (secondary N) is 1. The predicted octanol–water partition coefficient (Wildman–Crippen LogP) is 4.03.